The Morgan fingerprint density at radius 1 is 1.21 bits per heavy atom. The highest BCUT2D eigenvalue weighted by Gasteiger charge is 2.34. The number of nitrogens with one attached hydrogen (secondary N) is 2. The minimum absolute atomic E-state index is 0.000476. The predicted molar refractivity (Wildman–Crippen MR) is 97.8 cm³/mol. The first-order valence-corrected chi connectivity index (χ1v) is 8.78. The molecule has 0 saturated carbocycles. The van der Waals surface area contributed by atoms with E-state index < -0.39 is 23.1 Å². The number of aromatic amines is 1. The number of aromatic nitrogens is 4. The van der Waals surface area contributed by atoms with Crippen molar-refractivity contribution < 1.29 is 17.6 Å². The van der Waals surface area contributed by atoms with Crippen molar-refractivity contribution in [2.45, 2.75) is 19.3 Å². The maximum absolute atomic E-state index is 13.3. The maximum Gasteiger partial charge on any atom is 0.418 e. The van der Waals surface area contributed by atoms with E-state index in [0.29, 0.717) is 36.5 Å². The molecule has 7 nitrogen and oxygen atoms in total. The van der Waals surface area contributed by atoms with Crippen LogP contribution >= 0.6 is 11.6 Å². The van der Waals surface area contributed by atoms with Gasteiger partial charge in [0.25, 0.3) is 5.56 Å². The van der Waals surface area contributed by atoms with E-state index in [1.165, 1.54) is 12.4 Å². The normalized spacial score (nSPS) is 14.0. The lowest BCUT2D eigenvalue weighted by atomic mass is 10.1. The van der Waals surface area contributed by atoms with Gasteiger partial charge in [-0.15, -0.1) is 0 Å². The number of hydrogen-bond acceptors (Lipinski definition) is 5. The Bertz CT molecular complexity index is 1130. The third-order valence-corrected chi connectivity index (χ3v) is 4.90. The zero-order chi connectivity index (χ0) is 20.8. The average Bonchev–Trinajstić information content (AvgIpc) is 3.06. The number of anilines is 3. The van der Waals surface area contributed by atoms with Crippen LogP contribution in [0.3, 0.4) is 0 Å². The average molecular weight is 429 g/mol. The first-order valence-electron chi connectivity index (χ1n) is 8.40. The van der Waals surface area contributed by atoms with Gasteiger partial charge in [0, 0.05) is 13.1 Å². The number of benzene rings is 1. The van der Waals surface area contributed by atoms with E-state index in [1.54, 1.807) is 9.47 Å². The van der Waals surface area contributed by atoms with Gasteiger partial charge in [-0.1, -0.05) is 11.6 Å². The van der Waals surface area contributed by atoms with E-state index >= 15 is 0 Å². The standard InChI is InChI=1S/C17H13ClF4N6O/c18-15-12(6-24-26-16(15)29)27-3-4-28-13(7-23-14(28)8-27)25-11-2-1-9(19)5-10(11)17(20,21)22/h1-2,5-7,25H,3-4,8H2,(H,26,29). The lowest BCUT2D eigenvalue weighted by molar-refractivity contribution is -0.137. The van der Waals surface area contributed by atoms with Gasteiger partial charge in [-0.2, -0.15) is 18.3 Å². The van der Waals surface area contributed by atoms with Crippen LogP contribution in [-0.4, -0.2) is 26.3 Å². The molecule has 29 heavy (non-hydrogen) atoms. The largest absolute Gasteiger partial charge is 0.418 e. The summed E-state index contributed by atoms with van der Waals surface area (Å²) in [5, 5.41) is 8.67. The predicted octanol–water partition coefficient (Wildman–Crippen LogP) is 3.54. The van der Waals surface area contributed by atoms with Crippen LogP contribution in [0, 0.1) is 5.82 Å². The smallest absolute Gasteiger partial charge is 0.360 e. The van der Waals surface area contributed by atoms with Gasteiger partial charge in [-0.05, 0) is 18.2 Å². The molecule has 0 spiro atoms. The van der Waals surface area contributed by atoms with E-state index in [4.69, 9.17) is 11.6 Å². The second-order valence-electron chi connectivity index (χ2n) is 6.34. The number of alkyl halides is 3. The molecule has 0 radical (unpaired) electrons. The van der Waals surface area contributed by atoms with Crippen molar-refractivity contribution in [1.82, 2.24) is 19.7 Å². The lowest BCUT2D eigenvalue weighted by Crippen LogP contribution is -2.35. The number of H-pyrrole nitrogens is 1. The van der Waals surface area contributed by atoms with Crippen LogP contribution in [-0.2, 0) is 19.3 Å². The Balaban J connectivity index is 1.62. The van der Waals surface area contributed by atoms with Crippen molar-refractivity contribution >= 4 is 28.8 Å². The van der Waals surface area contributed by atoms with Gasteiger partial charge in [0.2, 0.25) is 0 Å². The van der Waals surface area contributed by atoms with Crippen molar-refractivity contribution in [3.63, 3.8) is 0 Å². The summed E-state index contributed by atoms with van der Waals surface area (Å²) in [4.78, 5) is 17.7. The molecule has 0 unspecified atom stereocenters. The molecule has 0 atom stereocenters. The minimum Gasteiger partial charge on any atom is -0.360 e. The van der Waals surface area contributed by atoms with Crippen LogP contribution in [0.1, 0.15) is 11.4 Å². The van der Waals surface area contributed by atoms with Crippen LogP contribution in [0.2, 0.25) is 5.02 Å². The van der Waals surface area contributed by atoms with Gasteiger partial charge in [0.1, 0.15) is 22.5 Å². The fraction of sp³-hybridized carbons (Fsp3) is 0.235. The van der Waals surface area contributed by atoms with Crippen LogP contribution in [0.15, 0.2) is 35.4 Å². The number of nitrogens with zero attached hydrogens (tertiary/aromatic N) is 4. The summed E-state index contributed by atoms with van der Waals surface area (Å²) in [5.74, 6) is -0.0742. The van der Waals surface area contributed by atoms with Crippen molar-refractivity contribution in [2.24, 2.45) is 0 Å². The highest BCUT2D eigenvalue weighted by Crippen LogP contribution is 2.37. The van der Waals surface area contributed by atoms with Crippen molar-refractivity contribution in [2.75, 3.05) is 16.8 Å². The summed E-state index contributed by atoms with van der Waals surface area (Å²) in [6.07, 6.45) is -1.88. The zero-order valence-corrected chi connectivity index (χ0v) is 15.4. The van der Waals surface area contributed by atoms with E-state index in [-0.39, 0.29) is 17.3 Å². The summed E-state index contributed by atoms with van der Waals surface area (Å²) in [7, 11) is 0. The van der Waals surface area contributed by atoms with Gasteiger partial charge in [-0.3, -0.25) is 4.79 Å². The summed E-state index contributed by atoms with van der Waals surface area (Å²) >= 11 is 6.04. The molecule has 4 rings (SSSR count). The minimum atomic E-state index is -4.71. The molecular weight excluding hydrogens is 416 g/mol. The number of rotatable bonds is 3. The number of imidazole rings is 1. The molecule has 3 aromatic rings. The lowest BCUT2D eigenvalue weighted by Gasteiger charge is -2.30. The highest BCUT2D eigenvalue weighted by molar-refractivity contribution is 6.32. The van der Waals surface area contributed by atoms with Crippen LogP contribution in [0.5, 0.6) is 0 Å². The van der Waals surface area contributed by atoms with E-state index in [1.807, 2.05) is 0 Å². The molecular formula is C17H13ClF4N6O. The van der Waals surface area contributed by atoms with Crippen LogP contribution in [0.4, 0.5) is 34.8 Å². The highest BCUT2D eigenvalue weighted by atomic mass is 35.5. The Kier molecular flexibility index (Phi) is 4.69. The molecule has 1 aromatic carbocycles. The van der Waals surface area contributed by atoms with E-state index in [0.717, 1.165) is 12.1 Å². The molecule has 1 aliphatic heterocycles. The van der Waals surface area contributed by atoms with E-state index in [9.17, 15) is 22.4 Å². The fourth-order valence-corrected chi connectivity index (χ4v) is 3.37. The second kappa shape index (κ2) is 7.07. The third kappa shape index (κ3) is 3.65. The summed E-state index contributed by atoms with van der Waals surface area (Å²) in [6, 6.07) is 2.43. The Morgan fingerprint density at radius 3 is 2.76 bits per heavy atom. The van der Waals surface area contributed by atoms with Crippen molar-refractivity contribution in [1.29, 1.82) is 0 Å². The monoisotopic (exact) mass is 428 g/mol. The Labute approximate surface area is 165 Å². The third-order valence-electron chi connectivity index (χ3n) is 4.53. The van der Waals surface area contributed by atoms with Crippen LogP contribution in [0.25, 0.3) is 0 Å². The molecule has 3 heterocycles. The second-order valence-corrected chi connectivity index (χ2v) is 6.72. The molecule has 0 fully saturated rings. The molecule has 0 aliphatic carbocycles. The Morgan fingerprint density at radius 2 is 2.00 bits per heavy atom. The molecule has 0 saturated heterocycles. The first kappa shape index (κ1) is 19.2. The van der Waals surface area contributed by atoms with Gasteiger partial charge in [-0.25, -0.2) is 14.5 Å². The van der Waals surface area contributed by atoms with Gasteiger partial charge >= 0.3 is 6.18 Å². The molecule has 12 heteroatoms. The number of halogens is 5. The van der Waals surface area contributed by atoms with Crippen LogP contribution < -0.4 is 15.8 Å². The molecule has 0 amide bonds. The maximum atomic E-state index is 13.3. The molecule has 0 bridgehead atoms. The molecule has 2 aromatic heterocycles. The number of hydrogen-bond donors (Lipinski definition) is 2. The van der Waals surface area contributed by atoms with E-state index in [2.05, 4.69) is 20.5 Å². The van der Waals surface area contributed by atoms with Gasteiger partial charge in [0.05, 0.1) is 35.9 Å². The molecule has 1 aliphatic rings. The van der Waals surface area contributed by atoms with Crippen molar-refractivity contribution in [3.8, 4) is 0 Å². The first-order chi connectivity index (χ1) is 13.7. The van der Waals surface area contributed by atoms with Crippen molar-refractivity contribution in [3.05, 3.63) is 63.2 Å². The SMILES string of the molecule is O=c1[nH]ncc(N2CCn3c(Nc4ccc(F)cc4C(F)(F)F)cnc3C2)c1Cl. The number of fused-ring (bicyclic) bond motifs is 1. The van der Waals surface area contributed by atoms with Gasteiger partial charge < -0.3 is 14.8 Å². The quantitative estimate of drug-likeness (QED) is 0.624. The Hall–Kier alpha value is -3.08. The molecule has 2 N–H and O–H groups in total. The summed E-state index contributed by atoms with van der Waals surface area (Å²) in [5.41, 5.74) is -1.45. The molecule has 152 valence electrons. The van der Waals surface area contributed by atoms with Gasteiger partial charge in [0.15, 0.2) is 0 Å². The summed E-state index contributed by atoms with van der Waals surface area (Å²) in [6.45, 7) is 1.09. The zero-order valence-electron chi connectivity index (χ0n) is 14.6. The fourth-order valence-electron chi connectivity index (χ4n) is 3.16. The topological polar surface area (TPSA) is 78.8 Å². The summed E-state index contributed by atoms with van der Waals surface area (Å²) < 4.78 is 54.7.